The number of carbonyl (C=O) groups is 1. The normalized spacial score (nSPS) is 19.9. The molecule has 0 aliphatic carbocycles. The van der Waals surface area contributed by atoms with Crippen molar-refractivity contribution in [3.8, 4) is 0 Å². The summed E-state index contributed by atoms with van der Waals surface area (Å²) in [5.41, 5.74) is 2.77. The van der Waals surface area contributed by atoms with Crippen molar-refractivity contribution < 1.29 is 9.18 Å². The molecule has 0 spiro atoms. The number of carbonyl (C=O) groups excluding carboxylic acids is 1. The molecular weight excluding hydrogens is 331 g/mol. The summed E-state index contributed by atoms with van der Waals surface area (Å²) in [7, 11) is 0. The highest BCUT2D eigenvalue weighted by atomic mass is 19.1. The highest BCUT2D eigenvalue weighted by molar-refractivity contribution is 5.79. The smallest absolute Gasteiger partial charge is 0.227 e. The molecule has 1 atom stereocenters. The molecule has 2 aromatic rings. The van der Waals surface area contributed by atoms with Gasteiger partial charge in [-0.15, -0.1) is 0 Å². The van der Waals surface area contributed by atoms with Gasteiger partial charge in [0.25, 0.3) is 0 Å². The van der Waals surface area contributed by atoms with Gasteiger partial charge in [0.15, 0.2) is 0 Å². The van der Waals surface area contributed by atoms with Gasteiger partial charge in [0.2, 0.25) is 5.91 Å². The van der Waals surface area contributed by atoms with Crippen molar-refractivity contribution in [3.63, 3.8) is 0 Å². The van der Waals surface area contributed by atoms with Crippen LogP contribution in [0.1, 0.15) is 47.9 Å². The SMILES string of the molecule is O=C(Cc1cccc(F)c1)N1CCc2nc(C3CCCCN3)ncc2C1. The number of halogens is 1. The molecule has 5 nitrogen and oxygen atoms in total. The molecule has 0 radical (unpaired) electrons. The van der Waals surface area contributed by atoms with Gasteiger partial charge in [-0.05, 0) is 37.1 Å². The van der Waals surface area contributed by atoms with Crippen molar-refractivity contribution in [2.45, 2.75) is 44.7 Å². The minimum atomic E-state index is -0.309. The van der Waals surface area contributed by atoms with E-state index < -0.39 is 0 Å². The lowest BCUT2D eigenvalue weighted by Crippen LogP contribution is -2.38. The van der Waals surface area contributed by atoms with E-state index in [0.29, 0.717) is 18.7 Å². The number of rotatable bonds is 3. The second-order valence-electron chi connectivity index (χ2n) is 7.07. The first-order valence-electron chi connectivity index (χ1n) is 9.29. The molecule has 3 heterocycles. The van der Waals surface area contributed by atoms with Crippen LogP contribution in [-0.2, 0) is 24.2 Å². The lowest BCUT2D eigenvalue weighted by atomic mass is 10.0. The number of hydrogen-bond donors (Lipinski definition) is 1. The van der Waals surface area contributed by atoms with E-state index in [1.54, 1.807) is 12.1 Å². The van der Waals surface area contributed by atoms with E-state index in [1.165, 1.54) is 25.0 Å². The topological polar surface area (TPSA) is 58.1 Å². The Labute approximate surface area is 152 Å². The van der Waals surface area contributed by atoms with E-state index in [4.69, 9.17) is 4.98 Å². The Morgan fingerprint density at radius 2 is 2.27 bits per heavy atom. The van der Waals surface area contributed by atoms with Gasteiger partial charge in [-0.25, -0.2) is 14.4 Å². The van der Waals surface area contributed by atoms with Crippen LogP contribution in [0.2, 0.25) is 0 Å². The molecule has 136 valence electrons. The second kappa shape index (κ2) is 7.50. The number of aromatic nitrogens is 2. The molecule has 0 saturated carbocycles. The molecule has 1 aromatic carbocycles. The summed E-state index contributed by atoms with van der Waals surface area (Å²) in [5, 5.41) is 3.48. The number of fused-ring (bicyclic) bond motifs is 1. The van der Waals surface area contributed by atoms with Crippen LogP contribution in [0.3, 0.4) is 0 Å². The molecule has 4 rings (SSSR count). The van der Waals surface area contributed by atoms with Crippen molar-refractivity contribution in [3.05, 3.63) is 58.9 Å². The fourth-order valence-electron chi connectivity index (χ4n) is 3.72. The van der Waals surface area contributed by atoms with Crippen LogP contribution in [0.5, 0.6) is 0 Å². The van der Waals surface area contributed by atoms with Crippen LogP contribution in [0.4, 0.5) is 4.39 Å². The van der Waals surface area contributed by atoms with Crippen LogP contribution in [-0.4, -0.2) is 33.9 Å². The fraction of sp³-hybridized carbons (Fsp3) is 0.450. The molecule has 2 aliphatic rings. The second-order valence-corrected chi connectivity index (χ2v) is 7.07. The van der Waals surface area contributed by atoms with Gasteiger partial charge in [-0.2, -0.15) is 0 Å². The Bertz CT molecular complexity index is 804. The zero-order chi connectivity index (χ0) is 17.9. The number of hydrogen-bond acceptors (Lipinski definition) is 4. The Hall–Kier alpha value is -2.34. The van der Waals surface area contributed by atoms with Crippen molar-refractivity contribution in [1.29, 1.82) is 0 Å². The van der Waals surface area contributed by atoms with Crippen LogP contribution < -0.4 is 5.32 Å². The van der Waals surface area contributed by atoms with Crippen molar-refractivity contribution >= 4 is 5.91 Å². The summed E-state index contributed by atoms with van der Waals surface area (Å²) in [6.45, 7) is 2.20. The molecule has 26 heavy (non-hydrogen) atoms. The summed E-state index contributed by atoms with van der Waals surface area (Å²) in [6, 6.07) is 6.48. The average molecular weight is 354 g/mol. The van der Waals surface area contributed by atoms with Gasteiger partial charge in [0, 0.05) is 31.3 Å². The molecular formula is C20H23FN4O. The fourth-order valence-corrected chi connectivity index (χ4v) is 3.72. The van der Waals surface area contributed by atoms with Gasteiger partial charge in [0.1, 0.15) is 11.6 Å². The maximum absolute atomic E-state index is 13.3. The molecule has 1 fully saturated rings. The predicted molar refractivity (Wildman–Crippen MR) is 95.9 cm³/mol. The van der Waals surface area contributed by atoms with E-state index in [0.717, 1.165) is 36.5 Å². The van der Waals surface area contributed by atoms with Crippen LogP contribution in [0.15, 0.2) is 30.5 Å². The first kappa shape index (κ1) is 17.1. The lowest BCUT2D eigenvalue weighted by molar-refractivity contribution is -0.131. The summed E-state index contributed by atoms with van der Waals surface area (Å²) < 4.78 is 13.3. The minimum absolute atomic E-state index is 0.0132. The van der Waals surface area contributed by atoms with Crippen LogP contribution in [0.25, 0.3) is 0 Å². The summed E-state index contributed by atoms with van der Waals surface area (Å²) in [4.78, 5) is 23.7. The minimum Gasteiger partial charge on any atom is -0.338 e. The predicted octanol–water partition coefficient (Wildman–Crippen LogP) is 2.56. The third kappa shape index (κ3) is 3.75. The van der Waals surface area contributed by atoms with E-state index in [-0.39, 0.29) is 24.2 Å². The quantitative estimate of drug-likeness (QED) is 0.920. The van der Waals surface area contributed by atoms with Crippen molar-refractivity contribution in [1.82, 2.24) is 20.2 Å². The number of nitrogens with zero attached hydrogens (tertiary/aromatic N) is 3. The largest absolute Gasteiger partial charge is 0.338 e. The molecule has 1 saturated heterocycles. The molecule has 1 unspecified atom stereocenters. The molecule has 6 heteroatoms. The molecule has 0 bridgehead atoms. The van der Waals surface area contributed by atoms with Gasteiger partial charge >= 0.3 is 0 Å². The average Bonchev–Trinajstić information content (AvgIpc) is 2.68. The Morgan fingerprint density at radius 3 is 3.08 bits per heavy atom. The van der Waals surface area contributed by atoms with Gasteiger partial charge < -0.3 is 10.2 Å². The van der Waals surface area contributed by atoms with Crippen LogP contribution >= 0.6 is 0 Å². The number of nitrogens with one attached hydrogen (secondary N) is 1. The van der Waals surface area contributed by atoms with Crippen molar-refractivity contribution in [2.24, 2.45) is 0 Å². The molecule has 1 aromatic heterocycles. The van der Waals surface area contributed by atoms with Crippen molar-refractivity contribution in [2.75, 3.05) is 13.1 Å². The monoisotopic (exact) mass is 354 g/mol. The lowest BCUT2D eigenvalue weighted by Gasteiger charge is -2.29. The van der Waals surface area contributed by atoms with E-state index >= 15 is 0 Å². The van der Waals surface area contributed by atoms with Crippen LogP contribution in [0, 0.1) is 5.82 Å². The van der Waals surface area contributed by atoms with E-state index in [2.05, 4.69) is 10.3 Å². The number of amides is 1. The molecule has 1 amide bonds. The maximum atomic E-state index is 13.3. The third-order valence-corrected chi connectivity index (χ3v) is 5.17. The van der Waals surface area contributed by atoms with E-state index in [9.17, 15) is 9.18 Å². The van der Waals surface area contributed by atoms with Gasteiger partial charge in [0.05, 0.1) is 18.2 Å². The first-order chi connectivity index (χ1) is 12.7. The molecule has 1 N–H and O–H groups in total. The standard InChI is InChI=1S/C20H23FN4O/c21-16-5-3-4-14(10-16)11-19(26)25-9-7-17-15(13-25)12-23-20(24-17)18-6-1-2-8-22-18/h3-5,10,12,18,22H,1-2,6-9,11,13H2. The third-order valence-electron chi connectivity index (χ3n) is 5.17. The molecule has 2 aliphatic heterocycles. The zero-order valence-corrected chi connectivity index (χ0v) is 14.7. The Kier molecular flexibility index (Phi) is 4.93. The summed E-state index contributed by atoms with van der Waals surface area (Å²) in [6.07, 6.45) is 6.33. The summed E-state index contributed by atoms with van der Waals surface area (Å²) in [5.74, 6) is 0.582. The highest BCUT2D eigenvalue weighted by Gasteiger charge is 2.24. The Balaban J connectivity index is 1.43. The summed E-state index contributed by atoms with van der Waals surface area (Å²) >= 11 is 0. The number of benzene rings is 1. The highest BCUT2D eigenvalue weighted by Crippen LogP contribution is 2.23. The number of piperidine rings is 1. The Morgan fingerprint density at radius 1 is 1.35 bits per heavy atom. The van der Waals surface area contributed by atoms with Gasteiger partial charge in [-0.3, -0.25) is 4.79 Å². The zero-order valence-electron chi connectivity index (χ0n) is 14.7. The maximum Gasteiger partial charge on any atom is 0.227 e. The first-order valence-corrected chi connectivity index (χ1v) is 9.29. The van der Waals surface area contributed by atoms with E-state index in [1.807, 2.05) is 11.1 Å². The van der Waals surface area contributed by atoms with Gasteiger partial charge in [-0.1, -0.05) is 18.6 Å².